The van der Waals surface area contributed by atoms with Crippen molar-refractivity contribution < 1.29 is 13.6 Å². The van der Waals surface area contributed by atoms with E-state index in [-0.39, 0.29) is 23.7 Å². The third-order valence-corrected chi connectivity index (χ3v) is 3.10. The Morgan fingerprint density at radius 2 is 1.81 bits per heavy atom. The Bertz CT molecular complexity index is 630. The summed E-state index contributed by atoms with van der Waals surface area (Å²) in [6.07, 6.45) is 1.58. The van der Waals surface area contributed by atoms with E-state index in [1.165, 1.54) is 6.07 Å². The minimum absolute atomic E-state index is 0.00492. The molecule has 0 heterocycles. The number of rotatable bonds is 5. The van der Waals surface area contributed by atoms with Crippen LogP contribution in [0.3, 0.4) is 0 Å². The van der Waals surface area contributed by atoms with E-state index in [1.807, 2.05) is 30.3 Å². The average molecular weight is 290 g/mol. The Kier molecular flexibility index (Phi) is 4.87. The molecule has 0 aliphatic heterocycles. The first-order valence-electron chi connectivity index (χ1n) is 6.65. The Morgan fingerprint density at radius 1 is 1.10 bits per heavy atom. The molecule has 0 aromatic heterocycles. The number of hydrogen-bond donors (Lipinski definition) is 2. The average Bonchev–Trinajstić information content (AvgIpc) is 2.49. The molecular formula is C16H16F2N2O. The normalized spacial score (nSPS) is 10.4. The molecule has 0 radical (unpaired) electrons. The maximum atomic E-state index is 13.5. The summed E-state index contributed by atoms with van der Waals surface area (Å²) in [6, 6.07) is 11.9. The zero-order valence-corrected chi connectivity index (χ0v) is 11.4. The molecule has 110 valence electrons. The van der Waals surface area contributed by atoms with Gasteiger partial charge in [0.15, 0.2) is 11.6 Å². The molecule has 0 saturated carbocycles. The van der Waals surface area contributed by atoms with E-state index in [0.717, 1.165) is 18.1 Å². The molecule has 0 unspecified atom stereocenters. The van der Waals surface area contributed by atoms with Crippen LogP contribution in [0, 0.1) is 11.6 Å². The van der Waals surface area contributed by atoms with Crippen LogP contribution in [0.25, 0.3) is 0 Å². The highest BCUT2D eigenvalue weighted by molar-refractivity contribution is 5.93. The van der Waals surface area contributed by atoms with Crippen LogP contribution in [-0.4, -0.2) is 5.91 Å². The lowest BCUT2D eigenvalue weighted by molar-refractivity contribution is -0.116. The van der Waals surface area contributed by atoms with Gasteiger partial charge >= 0.3 is 0 Å². The van der Waals surface area contributed by atoms with Crippen molar-refractivity contribution in [1.82, 2.24) is 0 Å². The summed E-state index contributed by atoms with van der Waals surface area (Å²) < 4.78 is 26.6. The summed E-state index contributed by atoms with van der Waals surface area (Å²) in [4.78, 5) is 11.8. The van der Waals surface area contributed by atoms with Crippen LogP contribution in [-0.2, 0) is 11.2 Å². The van der Waals surface area contributed by atoms with Crippen molar-refractivity contribution in [2.45, 2.75) is 19.3 Å². The van der Waals surface area contributed by atoms with E-state index in [4.69, 9.17) is 5.73 Å². The zero-order valence-electron chi connectivity index (χ0n) is 11.4. The largest absolute Gasteiger partial charge is 0.397 e. The number of carbonyl (C=O) groups excluding carboxylic acids is 1. The van der Waals surface area contributed by atoms with Crippen LogP contribution in [0.4, 0.5) is 20.2 Å². The molecule has 3 nitrogen and oxygen atoms in total. The number of nitrogen functional groups attached to an aromatic ring is 1. The van der Waals surface area contributed by atoms with E-state index >= 15 is 0 Å². The fourth-order valence-electron chi connectivity index (χ4n) is 1.99. The molecule has 2 rings (SSSR count). The second-order valence-corrected chi connectivity index (χ2v) is 4.71. The van der Waals surface area contributed by atoms with Crippen molar-refractivity contribution in [2.24, 2.45) is 0 Å². The molecule has 3 N–H and O–H groups in total. The van der Waals surface area contributed by atoms with Crippen LogP contribution >= 0.6 is 0 Å². The Morgan fingerprint density at radius 3 is 2.52 bits per heavy atom. The number of hydrogen-bond acceptors (Lipinski definition) is 2. The van der Waals surface area contributed by atoms with Gasteiger partial charge in [-0.2, -0.15) is 0 Å². The van der Waals surface area contributed by atoms with Gasteiger partial charge in [-0.25, -0.2) is 8.78 Å². The maximum Gasteiger partial charge on any atom is 0.224 e. The van der Waals surface area contributed by atoms with E-state index in [0.29, 0.717) is 6.42 Å². The van der Waals surface area contributed by atoms with Crippen molar-refractivity contribution in [3.05, 3.63) is 59.7 Å². The summed E-state index contributed by atoms with van der Waals surface area (Å²) in [5.74, 6) is -2.56. The second kappa shape index (κ2) is 6.83. The lowest BCUT2D eigenvalue weighted by Crippen LogP contribution is -2.14. The van der Waals surface area contributed by atoms with E-state index in [1.54, 1.807) is 0 Å². The van der Waals surface area contributed by atoms with Gasteiger partial charge in [0.2, 0.25) is 5.91 Å². The maximum absolute atomic E-state index is 13.5. The summed E-state index contributed by atoms with van der Waals surface area (Å²) >= 11 is 0. The highest BCUT2D eigenvalue weighted by atomic mass is 19.2. The third kappa shape index (κ3) is 4.02. The van der Waals surface area contributed by atoms with E-state index < -0.39 is 11.6 Å². The van der Waals surface area contributed by atoms with Gasteiger partial charge in [0, 0.05) is 6.42 Å². The monoisotopic (exact) mass is 290 g/mol. The number of benzene rings is 2. The lowest BCUT2D eigenvalue weighted by Gasteiger charge is -2.09. The van der Waals surface area contributed by atoms with Gasteiger partial charge in [0.1, 0.15) is 5.69 Å². The molecule has 1 amide bonds. The lowest BCUT2D eigenvalue weighted by atomic mass is 10.1. The topological polar surface area (TPSA) is 55.1 Å². The van der Waals surface area contributed by atoms with Crippen LogP contribution < -0.4 is 11.1 Å². The zero-order chi connectivity index (χ0) is 15.2. The van der Waals surface area contributed by atoms with Gasteiger partial charge in [-0.05, 0) is 30.5 Å². The summed E-state index contributed by atoms with van der Waals surface area (Å²) in [5, 5.41) is 2.33. The van der Waals surface area contributed by atoms with Crippen LogP contribution in [0.2, 0.25) is 0 Å². The summed E-state index contributed by atoms with van der Waals surface area (Å²) in [6.45, 7) is 0. The molecule has 0 fully saturated rings. The Balaban J connectivity index is 1.89. The quantitative estimate of drug-likeness (QED) is 0.828. The molecule has 0 saturated heterocycles. The van der Waals surface area contributed by atoms with Crippen molar-refractivity contribution in [3.63, 3.8) is 0 Å². The van der Waals surface area contributed by atoms with Crippen molar-refractivity contribution in [3.8, 4) is 0 Å². The fourth-order valence-corrected chi connectivity index (χ4v) is 1.99. The first kappa shape index (κ1) is 15.0. The number of nitrogens with two attached hydrogens (primary N) is 1. The van der Waals surface area contributed by atoms with Gasteiger partial charge < -0.3 is 11.1 Å². The molecule has 0 bridgehead atoms. The number of halogens is 2. The van der Waals surface area contributed by atoms with E-state index in [2.05, 4.69) is 5.32 Å². The SMILES string of the molecule is Nc1ccc(F)c(F)c1NC(=O)CCCc1ccccc1. The number of amides is 1. The van der Waals surface area contributed by atoms with Gasteiger partial charge in [0.05, 0.1) is 5.69 Å². The first-order chi connectivity index (χ1) is 10.1. The highest BCUT2D eigenvalue weighted by Gasteiger charge is 2.14. The van der Waals surface area contributed by atoms with Crippen molar-refractivity contribution >= 4 is 17.3 Å². The second-order valence-electron chi connectivity index (χ2n) is 4.71. The molecular weight excluding hydrogens is 274 g/mol. The fraction of sp³-hybridized carbons (Fsp3) is 0.188. The van der Waals surface area contributed by atoms with Crippen molar-refractivity contribution in [2.75, 3.05) is 11.1 Å². The predicted molar refractivity (Wildman–Crippen MR) is 78.8 cm³/mol. The molecule has 0 spiro atoms. The molecule has 2 aromatic rings. The Hall–Kier alpha value is -2.43. The number of anilines is 2. The van der Waals surface area contributed by atoms with Gasteiger partial charge in [-0.3, -0.25) is 4.79 Å². The number of nitrogens with one attached hydrogen (secondary N) is 1. The van der Waals surface area contributed by atoms with Gasteiger partial charge in [0.25, 0.3) is 0 Å². The van der Waals surface area contributed by atoms with Crippen molar-refractivity contribution in [1.29, 1.82) is 0 Å². The highest BCUT2D eigenvalue weighted by Crippen LogP contribution is 2.24. The minimum Gasteiger partial charge on any atom is -0.397 e. The number of aryl methyl sites for hydroxylation is 1. The van der Waals surface area contributed by atoms with Crippen LogP contribution in [0.15, 0.2) is 42.5 Å². The Labute approximate surface area is 121 Å². The van der Waals surface area contributed by atoms with Gasteiger partial charge in [-0.15, -0.1) is 0 Å². The summed E-state index contributed by atoms with van der Waals surface area (Å²) in [5.41, 5.74) is 6.38. The molecule has 5 heteroatoms. The standard InChI is InChI=1S/C16H16F2N2O/c17-12-9-10-13(19)16(15(12)18)20-14(21)8-4-7-11-5-2-1-3-6-11/h1-3,5-6,9-10H,4,7-8,19H2,(H,20,21). The van der Waals surface area contributed by atoms with Crippen LogP contribution in [0.5, 0.6) is 0 Å². The van der Waals surface area contributed by atoms with Crippen LogP contribution in [0.1, 0.15) is 18.4 Å². The predicted octanol–water partition coefficient (Wildman–Crippen LogP) is 3.51. The number of carbonyl (C=O) groups is 1. The molecule has 0 aliphatic carbocycles. The third-order valence-electron chi connectivity index (χ3n) is 3.10. The smallest absolute Gasteiger partial charge is 0.224 e. The molecule has 0 atom stereocenters. The molecule has 2 aromatic carbocycles. The van der Waals surface area contributed by atoms with E-state index in [9.17, 15) is 13.6 Å². The minimum atomic E-state index is -1.13. The molecule has 21 heavy (non-hydrogen) atoms. The van der Waals surface area contributed by atoms with Gasteiger partial charge in [-0.1, -0.05) is 30.3 Å². The summed E-state index contributed by atoms with van der Waals surface area (Å²) in [7, 11) is 0. The first-order valence-corrected chi connectivity index (χ1v) is 6.65. The molecule has 0 aliphatic rings.